The molecule has 3 heterocycles. The average molecular weight is 623 g/mol. The molecule has 13 heteroatoms. The van der Waals surface area contributed by atoms with Gasteiger partial charge < -0.3 is 24.1 Å². The number of hydrogen-bond donors (Lipinski definition) is 1. The van der Waals surface area contributed by atoms with Gasteiger partial charge in [-0.2, -0.15) is 13.2 Å². The van der Waals surface area contributed by atoms with Gasteiger partial charge in [0.1, 0.15) is 18.1 Å². The van der Waals surface area contributed by atoms with Crippen molar-refractivity contribution in [2.75, 3.05) is 25.1 Å². The molecule has 2 saturated carbocycles. The Bertz CT molecular complexity index is 1530. The van der Waals surface area contributed by atoms with Crippen LogP contribution in [0.25, 0.3) is 11.0 Å². The van der Waals surface area contributed by atoms with E-state index < -0.39 is 37.0 Å². The lowest BCUT2D eigenvalue weighted by Gasteiger charge is -2.42. The number of anilines is 1. The number of alkyl halides is 3. The van der Waals surface area contributed by atoms with Gasteiger partial charge in [0.2, 0.25) is 0 Å². The van der Waals surface area contributed by atoms with Crippen molar-refractivity contribution < 1.29 is 36.2 Å². The van der Waals surface area contributed by atoms with Gasteiger partial charge in [0.05, 0.1) is 24.0 Å². The fourth-order valence-electron chi connectivity index (χ4n) is 5.67. The number of benzene rings is 1. The van der Waals surface area contributed by atoms with Crippen molar-refractivity contribution in [1.29, 1.82) is 0 Å². The molecule has 0 radical (unpaired) electrons. The lowest BCUT2D eigenvalue weighted by molar-refractivity contribution is -0.160. The van der Waals surface area contributed by atoms with Crippen LogP contribution in [-0.2, 0) is 21.6 Å². The van der Waals surface area contributed by atoms with Gasteiger partial charge in [-0.05, 0) is 43.4 Å². The monoisotopic (exact) mass is 622 g/mol. The molecule has 43 heavy (non-hydrogen) atoms. The van der Waals surface area contributed by atoms with E-state index in [4.69, 9.17) is 14.2 Å². The largest absolute Gasteiger partial charge is 0.464 e. The molecule has 1 aliphatic heterocycles. The molecule has 3 aromatic rings. The quantitative estimate of drug-likeness (QED) is 0.149. The highest BCUT2D eigenvalue weighted by Crippen LogP contribution is 2.61. The molecule has 6 rings (SSSR count). The first kappa shape index (κ1) is 29.9. The summed E-state index contributed by atoms with van der Waals surface area (Å²) in [6, 6.07) is 4.46. The van der Waals surface area contributed by atoms with Gasteiger partial charge in [0, 0.05) is 50.3 Å². The minimum absolute atomic E-state index is 0.0124. The molecule has 0 saturated heterocycles. The van der Waals surface area contributed by atoms with Crippen molar-refractivity contribution >= 4 is 30.8 Å². The number of halogens is 5. The van der Waals surface area contributed by atoms with E-state index in [1.165, 1.54) is 23.0 Å². The number of ether oxygens (including phenoxy) is 3. The third-order valence-electron chi connectivity index (χ3n) is 8.70. The van der Waals surface area contributed by atoms with Crippen molar-refractivity contribution in [1.82, 2.24) is 9.55 Å². The van der Waals surface area contributed by atoms with Gasteiger partial charge >= 0.3 is 6.18 Å². The number of rotatable bonds is 9. The molecule has 3 aliphatic rings. The minimum Gasteiger partial charge on any atom is -0.464 e. The van der Waals surface area contributed by atoms with E-state index in [1.54, 1.807) is 0 Å². The van der Waals surface area contributed by atoms with Crippen LogP contribution < -0.4 is 10.1 Å². The fourth-order valence-corrected chi connectivity index (χ4v) is 6.43. The summed E-state index contributed by atoms with van der Waals surface area (Å²) in [5.41, 5.74) is -1.80. The highest BCUT2D eigenvalue weighted by molar-refractivity contribution is 6.76. The first-order valence-corrected chi connectivity index (χ1v) is 18.2. The molecule has 0 atom stereocenters. The molecule has 0 amide bonds. The van der Waals surface area contributed by atoms with Gasteiger partial charge in [0.15, 0.2) is 17.4 Å². The Balaban J connectivity index is 1.29. The zero-order valence-electron chi connectivity index (χ0n) is 24.4. The molecule has 232 valence electrons. The van der Waals surface area contributed by atoms with Crippen LogP contribution >= 0.6 is 0 Å². The lowest BCUT2D eigenvalue weighted by atomic mass is 9.69. The molecule has 2 aliphatic carbocycles. The average Bonchev–Trinajstić information content (AvgIpc) is 3.65. The van der Waals surface area contributed by atoms with Crippen molar-refractivity contribution in [3.05, 3.63) is 47.8 Å². The number of aromatic nitrogens is 2. The molecule has 1 aromatic carbocycles. The normalized spacial score (nSPS) is 19.1. The van der Waals surface area contributed by atoms with E-state index >= 15 is 8.78 Å². The summed E-state index contributed by atoms with van der Waals surface area (Å²) in [6.45, 7) is 8.13. The Labute approximate surface area is 247 Å². The molecule has 7 nitrogen and oxygen atoms in total. The molecule has 1 N–H and O–H groups in total. The van der Waals surface area contributed by atoms with Gasteiger partial charge in [-0.15, -0.1) is 0 Å². The first-order chi connectivity index (χ1) is 20.3. The summed E-state index contributed by atoms with van der Waals surface area (Å²) in [7, 11) is -1.38. The summed E-state index contributed by atoms with van der Waals surface area (Å²) in [6.07, 6.45) is 1.23. The lowest BCUT2D eigenvalue weighted by Crippen LogP contribution is -2.42. The Kier molecular flexibility index (Phi) is 7.47. The second-order valence-corrected chi connectivity index (χ2v) is 18.8. The first-order valence-electron chi connectivity index (χ1n) is 14.5. The topological polar surface area (TPSA) is 69.9 Å². The molecule has 1 spiro atoms. The zero-order valence-corrected chi connectivity index (χ0v) is 25.4. The highest BCUT2D eigenvalue weighted by Gasteiger charge is 2.65. The van der Waals surface area contributed by atoms with Crippen LogP contribution in [0.4, 0.5) is 27.6 Å². The van der Waals surface area contributed by atoms with E-state index in [2.05, 4.69) is 34.9 Å². The number of fused-ring (bicyclic) bond motifs is 1. The number of hydrogen-bond acceptors (Lipinski definition) is 6. The fraction of sp³-hybridized carbons (Fsp3) is 0.533. The number of nitrogens with one attached hydrogen (secondary N) is 1. The predicted octanol–water partition coefficient (Wildman–Crippen LogP) is 7.98. The highest BCUT2D eigenvalue weighted by atomic mass is 28.3. The summed E-state index contributed by atoms with van der Waals surface area (Å²) >= 11 is 0. The van der Waals surface area contributed by atoms with Crippen LogP contribution in [0.15, 0.2) is 35.6 Å². The standard InChI is InChI=1S/C30H35F5N4O3Si/c1-43(2,3)12-11-40-18-39-15-20(29(8-9-29)30(33,34)35)24-23(5-10-36-26(24)39)42-25-21(31)13-19(14-22(25)32)38-27-37-16-28(17-41-27)6-4-7-28/h5,10,13-15H,4,6-9,11-12,16-18H2,1-3H3,(H,37,38). The summed E-state index contributed by atoms with van der Waals surface area (Å²) in [5, 5.41) is 2.86. The molecule has 0 unspecified atom stereocenters. The second kappa shape index (κ2) is 10.8. The Morgan fingerprint density at radius 2 is 1.81 bits per heavy atom. The smallest absolute Gasteiger partial charge is 0.398 e. The number of aliphatic imine (C=N–C) groups is 1. The molecule has 2 aromatic heterocycles. The molecular weight excluding hydrogens is 587 g/mol. The Morgan fingerprint density at radius 1 is 1.09 bits per heavy atom. The SMILES string of the molecule is C[Si](C)(C)CCOCn1cc(C2(C(F)(F)F)CC2)c2c(Oc3c(F)cc(NC4=NCC5(CCC5)CO4)cc3F)ccnc21. The van der Waals surface area contributed by atoms with E-state index in [-0.39, 0.29) is 59.0 Å². The number of nitrogens with zero attached hydrogens (tertiary/aromatic N) is 3. The van der Waals surface area contributed by atoms with Crippen molar-refractivity contribution in [2.24, 2.45) is 10.4 Å². The van der Waals surface area contributed by atoms with Crippen LogP contribution in [-0.4, -0.2) is 49.6 Å². The van der Waals surface area contributed by atoms with Crippen molar-refractivity contribution in [2.45, 2.75) is 76.1 Å². The minimum atomic E-state index is -4.52. The van der Waals surface area contributed by atoms with E-state index in [0.29, 0.717) is 19.8 Å². The van der Waals surface area contributed by atoms with Crippen LogP contribution in [0.1, 0.15) is 37.7 Å². The maximum atomic E-state index is 15.3. The third kappa shape index (κ3) is 5.85. The van der Waals surface area contributed by atoms with Crippen LogP contribution in [0.2, 0.25) is 25.7 Å². The van der Waals surface area contributed by atoms with Crippen LogP contribution in [0, 0.1) is 17.0 Å². The summed E-state index contributed by atoms with van der Waals surface area (Å²) in [5.74, 6) is -2.93. The van der Waals surface area contributed by atoms with Crippen LogP contribution in [0.5, 0.6) is 11.5 Å². The zero-order chi connectivity index (χ0) is 30.6. The molecule has 0 bridgehead atoms. The van der Waals surface area contributed by atoms with Crippen molar-refractivity contribution in [3.63, 3.8) is 0 Å². The van der Waals surface area contributed by atoms with Gasteiger partial charge in [-0.1, -0.05) is 26.1 Å². The number of pyridine rings is 1. The van der Waals surface area contributed by atoms with E-state index in [1.807, 2.05) is 0 Å². The second-order valence-electron chi connectivity index (χ2n) is 13.2. The van der Waals surface area contributed by atoms with Gasteiger partial charge in [-0.3, -0.25) is 0 Å². The summed E-state index contributed by atoms with van der Waals surface area (Å²) in [4.78, 5) is 8.70. The van der Waals surface area contributed by atoms with E-state index in [0.717, 1.165) is 37.4 Å². The maximum Gasteiger partial charge on any atom is 0.398 e. The molecule has 2 fully saturated rings. The van der Waals surface area contributed by atoms with E-state index in [9.17, 15) is 13.2 Å². The third-order valence-corrected chi connectivity index (χ3v) is 10.4. The van der Waals surface area contributed by atoms with Gasteiger partial charge in [-0.25, -0.2) is 18.8 Å². The predicted molar refractivity (Wildman–Crippen MR) is 155 cm³/mol. The van der Waals surface area contributed by atoms with Crippen molar-refractivity contribution in [3.8, 4) is 11.5 Å². The van der Waals surface area contributed by atoms with Gasteiger partial charge in [0.25, 0.3) is 6.02 Å². The number of amidine groups is 1. The van der Waals surface area contributed by atoms with Crippen LogP contribution in [0.3, 0.4) is 0 Å². The maximum absolute atomic E-state index is 15.3. The Morgan fingerprint density at radius 3 is 2.37 bits per heavy atom. The Hall–Kier alpha value is -3.19. The molecular formula is C30H35F5N4O3Si. The summed E-state index contributed by atoms with van der Waals surface area (Å²) < 4.78 is 92.2.